The van der Waals surface area contributed by atoms with Crippen molar-refractivity contribution in [3.8, 4) is 0 Å². The summed E-state index contributed by atoms with van der Waals surface area (Å²) in [5.41, 5.74) is 4.69. The van der Waals surface area contributed by atoms with Gasteiger partial charge in [0.25, 0.3) is 0 Å². The largest absolute Gasteiger partial charge is 0.260 e. The van der Waals surface area contributed by atoms with Crippen molar-refractivity contribution in [3.63, 3.8) is 0 Å². The Morgan fingerprint density at radius 1 is 1.08 bits per heavy atom. The summed E-state index contributed by atoms with van der Waals surface area (Å²) in [6, 6.07) is 0. The highest BCUT2D eigenvalue weighted by Gasteiger charge is 2.21. The van der Waals surface area contributed by atoms with Crippen LogP contribution in [0.25, 0.3) is 0 Å². The smallest absolute Gasteiger partial charge is 0.0524 e. The molecule has 0 spiro atoms. The molecule has 0 N–H and O–H groups in total. The Morgan fingerprint density at radius 2 is 1.75 bits per heavy atom. The van der Waals surface area contributed by atoms with Crippen LogP contribution >= 0.6 is 0 Å². The minimum absolute atomic E-state index is 0.492. The molecule has 2 heteroatoms. The Kier molecular flexibility index (Phi) is 1.50. The van der Waals surface area contributed by atoms with Gasteiger partial charge in [-0.1, -0.05) is 13.8 Å². The third-order valence-corrected chi connectivity index (χ3v) is 2.22. The van der Waals surface area contributed by atoms with Crippen molar-refractivity contribution in [2.75, 3.05) is 0 Å². The highest BCUT2D eigenvalue weighted by Crippen LogP contribution is 2.31. The van der Waals surface area contributed by atoms with Crippen LogP contribution in [0.1, 0.15) is 20.8 Å². The number of rotatable bonds is 1. The molecule has 0 radical (unpaired) electrons. The van der Waals surface area contributed by atoms with E-state index in [0.29, 0.717) is 5.92 Å². The Morgan fingerprint density at radius 3 is 2.42 bits per heavy atom. The molecule has 12 heavy (non-hydrogen) atoms. The Hall–Kier alpha value is -1.18. The van der Waals surface area contributed by atoms with Gasteiger partial charge in [-0.3, -0.25) is 9.98 Å². The Labute approximate surface area is 72.4 Å². The second-order valence-electron chi connectivity index (χ2n) is 3.47. The van der Waals surface area contributed by atoms with Crippen molar-refractivity contribution in [3.05, 3.63) is 22.5 Å². The van der Waals surface area contributed by atoms with E-state index in [1.165, 1.54) is 16.8 Å². The molecule has 0 bridgehead atoms. The third kappa shape index (κ3) is 0.876. The molecule has 0 saturated heterocycles. The van der Waals surface area contributed by atoms with Gasteiger partial charge in [-0.05, 0) is 12.8 Å². The molecule has 2 nitrogen and oxygen atoms in total. The second-order valence-corrected chi connectivity index (χ2v) is 3.47. The fourth-order valence-electron chi connectivity index (χ4n) is 1.53. The van der Waals surface area contributed by atoms with E-state index in [4.69, 9.17) is 0 Å². The van der Waals surface area contributed by atoms with Gasteiger partial charge in [0.15, 0.2) is 0 Å². The van der Waals surface area contributed by atoms with Crippen molar-refractivity contribution in [1.82, 2.24) is 0 Å². The van der Waals surface area contributed by atoms with E-state index in [0.717, 1.165) is 5.70 Å². The molecule has 2 heterocycles. The summed E-state index contributed by atoms with van der Waals surface area (Å²) >= 11 is 0. The van der Waals surface area contributed by atoms with E-state index in [2.05, 4.69) is 23.8 Å². The number of fused-ring (bicyclic) bond motifs is 1. The Balaban J connectivity index is 2.52. The van der Waals surface area contributed by atoms with Crippen LogP contribution in [0.5, 0.6) is 0 Å². The maximum absolute atomic E-state index is 4.38. The molecule has 0 aliphatic carbocycles. The van der Waals surface area contributed by atoms with E-state index in [1.54, 1.807) is 0 Å². The van der Waals surface area contributed by atoms with Crippen LogP contribution < -0.4 is 0 Å². The van der Waals surface area contributed by atoms with Crippen molar-refractivity contribution >= 4 is 12.4 Å². The van der Waals surface area contributed by atoms with E-state index >= 15 is 0 Å². The lowest BCUT2D eigenvalue weighted by Crippen LogP contribution is -1.93. The molecule has 2 aliphatic heterocycles. The van der Waals surface area contributed by atoms with Crippen LogP contribution in [0, 0.1) is 5.92 Å². The fourth-order valence-corrected chi connectivity index (χ4v) is 1.53. The lowest BCUT2D eigenvalue weighted by molar-refractivity contribution is 0.760. The standard InChI is InChI=1S/C10H12N2/c1-6(2)10-9-5-11-7(3)8(9)4-12-10/h4-6H,1-3H3. The summed E-state index contributed by atoms with van der Waals surface area (Å²) in [6.45, 7) is 6.34. The van der Waals surface area contributed by atoms with Crippen molar-refractivity contribution in [2.45, 2.75) is 20.8 Å². The van der Waals surface area contributed by atoms with Gasteiger partial charge in [-0.2, -0.15) is 0 Å². The minimum Gasteiger partial charge on any atom is -0.260 e. The van der Waals surface area contributed by atoms with Gasteiger partial charge in [0.2, 0.25) is 0 Å². The van der Waals surface area contributed by atoms with Crippen molar-refractivity contribution in [2.24, 2.45) is 15.9 Å². The average Bonchev–Trinajstić information content (AvgIpc) is 2.53. The monoisotopic (exact) mass is 160 g/mol. The molecule has 0 aromatic heterocycles. The van der Waals surface area contributed by atoms with Gasteiger partial charge in [-0.15, -0.1) is 0 Å². The van der Waals surface area contributed by atoms with Gasteiger partial charge < -0.3 is 0 Å². The molecule has 0 aromatic carbocycles. The first-order chi connectivity index (χ1) is 5.70. The normalized spacial score (nSPS) is 20.3. The van der Waals surface area contributed by atoms with Crippen LogP contribution in [-0.2, 0) is 0 Å². The van der Waals surface area contributed by atoms with Crippen LogP contribution in [0.3, 0.4) is 0 Å². The predicted molar refractivity (Wildman–Crippen MR) is 51.5 cm³/mol. The van der Waals surface area contributed by atoms with Crippen LogP contribution in [0.2, 0.25) is 0 Å². The molecule has 0 fully saturated rings. The van der Waals surface area contributed by atoms with Crippen LogP contribution in [0.15, 0.2) is 32.5 Å². The zero-order valence-electron chi connectivity index (χ0n) is 7.63. The number of nitrogens with zero attached hydrogens (tertiary/aromatic N) is 2. The average molecular weight is 160 g/mol. The van der Waals surface area contributed by atoms with E-state index in [1.807, 2.05) is 19.4 Å². The first kappa shape index (κ1) is 7.47. The van der Waals surface area contributed by atoms with Crippen molar-refractivity contribution < 1.29 is 0 Å². The maximum atomic E-state index is 4.38. The van der Waals surface area contributed by atoms with Gasteiger partial charge >= 0.3 is 0 Å². The highest BCUT2D eigenvalue weighted by molar-refractivity contribution is 6.06. The van der Waals surface area contributed by atoms with E-state index in [-0.39, 0.29) is 0 Å². The van der Waals surface area contributed by atoms with E-state index in [9.17, 15) is 0 Å². The number of aliphatic imine (C=N–C) groups is 2. The molecule has 2 aliphatic rings. The predicted octanol–water partition coefficient (Wildman–Crippen LogP) is 2.34. The van der Waals surface area contributed by atoms with Gasteiger partial charge in [0.05, 0.1) is 5.70 Å². The molecular weight excluding hydrogens is 148 g/mol. The lowest BCUT2D eigenvalue weighted by atomic mass is 10.0. The molecule has 62 valence electrons. The fraction of sp³-hybridized carbons (Fsp3) is 0.400. The van der Waals surface area contributed by atoms with Crippen LogP contribution in [0.4, 0.5) is 0 Å². The maximum Gasteiger partial charge on any atom is 0.0524 e. The molecule has 0 saturated carbocycles. The SMILES string of the molecule is CC1=C2C=NC(C(C)C)=C2C=N1. The highest BCUT2D eigenvalue weighted by atomic mass is 14.8. The summed E-state index contributed by atoms with van der Waals surface area (Å²) in [5.74, 6) is 0.492. The first-order valence-corrected chi connectivity index (χ1v) is 4.23. The summed E-state index contributed by atoms with van der Waals surface area (Å²) in [7, 11) is 0. The number of hydrogen-bond acceptors (Lipinski definition) is 2. The minimum atomic E-state index is 0.492. The molecule has 2 rings (SSSR count). The van der Waals surface area contributed by atoms with E-state index < -0.39 is 0 Å². The summed E-state index contributed by atoms with van der Waals surface area (Å²) < 4.78 is 0. The topological polar surface area (TPSA) is 24.7 Å². The number of allylic oxidation sites excluding steroid dienone is 4. The molecule has 0 atom stereocenters. The summed E-state index contributed by atoms with van der Waals surface area (Å²) in [6.07, 6.45) is 3.85. The Bertz CT molecular complexity index is 341. The zero-order chi connectivity index (χ0) is 8.72. The number of hydrogen-bond donors (Lipinski definition) is 0. The summed E-state index contributed by atoms with van der Waals surface area (Å²) in [5, 5.41) is 0. The molecule has 0 aromatic rings. The van der Waals surface area contributed by atoms with Crippen LogP contribution in [-0.4, -0.2) is 12.4 Å². The van der Waals surface area contributed by atoms with Gasteiger partial charge in [0.1, 0.15) is 0 Å². The molecule has 0 unspecified atom stereocenters. The van der Waals surface area contributed by atoms with Gasteiger partial charge in [-0.25, -0.2) is 0 Å². The summed E-state index contributed by atoms with van der Waals surface area (Å²) in [4.78, 5) is 8.63. The molecular formula is C10H12N2. The van der Waals surface area contributed by atoms with Crippen molar-refractivity contribution in [1.29, 1.82) is 0 Å². The van der Waals surface area contributed by atoms with Gasteiger partial charge in [0, 0.05) is 29.3 Å². The quantitative estimate of drug-likeness (QED) is 0.562. The molecule has 0 amide bonds. The zero-order valence-corrected chi connectivity index (χ0v) is 7.63. The second kappa shape index (κ2) is 2.41. The third-order valence-electron chi connectivity index (χ3n) is 2.22. The lowest BCUT2D eigenvalue weighted by Gasteiger charge is -2.02. The first-order valence-electron chi connectivity index (χ1n) is 4.23.